The van der Waals surface area contributed by atoms with E-state index in [9.17, 15) is 4.79 Å². The van der Waals surface area contributed by atoms with Crippen LogP contribution in [-0.4, -0.2) is 21.1 Å². The van der Waals surface area contributed by atoms with Gasteiger partial charge in [0, 0.05) is 24.5 Å². The third-order valence-electron chi connectivity index (χ3n) is 3.70. The van der Waals surface area contributed by atoms with E-state index in [0.29, 0.717) is 5.88 Å². The number of hydrogen-bond acceptors (Lipinski definition) is 5. The Kier molecular flexibility index (Phi) is 4.99. The Morgan fingerprint density at radius 3 is 2.52 bits per heavy atom. The largest absolute Gasteiger partial charge is 0.438 e. The van der Waals surface area contributed by atoms with Crippen LogP contribution in [0.5, 0.6) is 11.6 Å². The van der Waals surface area contributed by atoms with Gasteiger partial charge < -0.3 is 10.1 Å². The molecule has 2 heterocycles. The van der Waals surface area contributed by atoms with Crippen molar-refractivity contribution in [1.82, 2.24) is 20.5 Å². The molecule has 126 valence electrons. The highest BCUT2D eigenvalue weighted by Gasteiger charge is 2.12. The van der Waals surface area contributed by atoms with Crippen molar-refractivity contribution in [3.05, 3.63) is 77.2 Å². The number of para-hydroxylation sites is 1. The molecule has 1 aromatic carbocycles. The number of hydrogen-bond donors (Lipinski definition) is 1. The van der Waals surface area contributed by atoms with Crippen LogP contribution in [0.3, 0.4) is 0 Å². The zero-order chi connectivity index (χ0) is 17.6. The molecular weight excluding hydrogens is 316 g/mol. The number of benzene rings is 1. The maximum absolute atomic E-state index is 12.1. The molecule has 0 unspecified atom stereocenters. The highest BCUT2D eigenvalue weighted by molar-refractivity contribution is 5.91. The number of aryl methyl sites for hydroxylation is 2. The summed E-state index contributed by atoms with van der Waals surface area (Å²) < 4.78 is 6.02. The predicted octanol–water partition coefficient (Wildman–Crippen LogP) is 3.21. The maximum Gasteiger partial charge on any atom is 0.272 e. The van der Waals surface area contributed by atoms with Gasteiger partial charge >= 0.3 is 0 Å². The van der Waals surface area contributed by atoms with Gasteiger partial charge in [-0.25, -0.2) is 4.98 Å². The van der Waals surface area contributed by atoms with Crippen LogP contribution in [0.1, 0.15) is 27.2 Å². The summed E-state index contributed by atoms with van der Waals surface area (Å²) in [6.45, 7) is 4.26. The average Bonchev–Trinajstić information content (AvgIpc) is 2.64. The van der Waals surface area contributed by atoms with Crippen molar-refractivity contribution in [1.29, 1.82) is 0 Å². The Morgan fingerprint density at radius 2 is 1.80 bits per heavy atom. The van der Waals surface area contributed by atoms with Crippen molar-refractivity contribution < 1.29 is 9.53 Å². The number of nitrogens with zero attached hydrogens (tertiary/aromatic N) is 3. The van der Waals surface area contributed by atoms with Gasteiger partial charge in [-0.2, -0.15) is 5.10 Å². The van der Waals surface area contributed by atoms with Crippen LogP contribution in [0.15, 0.2) is 54.9 Å². The minimum absolute atomic E-state index is 0.267. The second kappa shape index (κ2) is 7.53. The van der Waals surface area contributed by atoms with Gasteiger partial charge in [0.25, 0.3) is 5.91 Å². The Labute approximate surface area is 145 Å². The zero-order valence-corrected chi connectivity index (χ0v) is 14.1. The van der Waals surface area contributed by atoms with Gasteiger partial charge in [-0.05, 0) is 43.2 Å². The van der Waals surface area contributed by atoms with E-state index >= 15 is 0 Å². The van der Waals surface area contributed by atoms with E-state index in [1.807, 2.05) is 38.1 Å². The zero-order valence-electron chi connectivity index (χ0n) is 14.1. The minimum Gasteiger partial charge on any atom is -0.438 e. The molecule has 1 N–H and O–H groups in total. The van der Waals surface area contributed by atoms with Crippen molar-refractivity contribution in [3.63, 3.8) is 0 Å². The number of carbonyl (C=O) groups is 1. The number of pyridine rings is 1. The standard InChI is InChI=1S/C19H18N4O2/c1-13-6-3-7-14(2)17(13)25-19-15(8-4-10-20-19)12-21-18(24)16-9-5-11-22-23-16/h3-11H,12H2,1-2H3,(H,21,24). The molecule has 0 aliphatic heterocycles. The summed E-state index contributed by atoms with van der Waals surface area (Å²) in [5, 5.41) is 10.3. The van der Waals surface area contributed by atoms with Gasteiger partial charge in [-0.3, -0.25) is 4.79 Å². The first-order valence-corrected chi connectivity index (χ1v) is 7.89. The molecule has 3 aromatic rings. The normalized spacial score (nSPS) is 10.3. The van der Waals surface area contributed by atoms with Crippen LogP contribution in [-0.2, 0) is 6.54 Å². The molecule has 1 amide bonds. The van der Waals surface area contributed by atoms with Crippen molar-refractivity contribution >= 4 is 5.91 Å². The Hall–Kier alpha value is -3.28. The number of carbonyl (C=O) groups excluding carboxylic acids is 1. The van der Waals surface area contributed by atoms with Crippen LogP contribution in [0.25, 0.3) is 0 Å². The molecule has 0 saturated heterocycles. The molecule has 0 saturated carbocycles. The lowest BCUT2D eigenvalue weighted by atomic mass is 10.1. The van der Waals surface area contributed by atoms with Crippen molar-refractivity contribution in [2.24, 2.45) is 0 Å². The molecule has 0 radical (unpaired) electrons. The minimum atomic E-state index is -0.296. The fraction of sp³-hybridized carbons (Fsp3) is 0.158. The van der Waals surface area contributed by atoms with E-state index in [1.165, 1.54) is 6.20 Å². The molecular formula is C19H18N4O2. The van der Waals surface area contributed by atoms with E-state index in [1.54, 1.807) is 24.4 Å². The first-order valence-electron chi connectivity index (χ1n) is 7.89. The van der Waals surface area contributed by atoms with Crippen LogP contribution < -0.4 is 10.1 Å². The lowest BCUT2D eigenvalue weighted by Gasteiger charge is -2.14. The van der Waals surface area contributed by atoms with Gasteiger partial charge in [-0.1, -0.05) is 24.3 Å². The molecule has 3 rings (SSSR count). The summed E-state index contributed by atoms with van der Waals surface area (Å²) in [6, 6.07) is 12.9. The molecule has 0 fully saturated rings. The molecule has 6 heteroatoms. The second-order valence-corrected chi connectivity index (χ2v) is 5.58. The Bertz CT molecular complexity index is 861. The van der Waals surface area contributed by atoms with Crippen LogP contribution in [0.2, 0.25) is 0 Å². The SMILES string of the molecule is Cc1cccc(C)c1Oc1ncccc1CNC(=O)c1cccnn1. The summed E-state index contributed by atoms with van der Waals surface area (Å²) in [6.07, 6.45) is 3.19. The molecule has 25 heavy (non-hydrogen) atoms. The van der Waals surface area contributed by atoms with Gasteiger partial charge in [0.05, 0.1) is 0 Å². The molecule has 0 bridgehead atoms. The highest BCUT2D eigenvalue weighted by atomic mass is 16.5. The van der Waals surface area contributed by atoms with E-state index in [4.69, 9.17) is 4.74 Å². The number of aromatic nitrogens is 3. The lowest BCUT2D eigenvalue weighted by molar-refractivity contribution is 0.0944. The summed E-state index contributed by atoms with van der Waals surface area (Å²) in [7, 11) is 0. The topological polar surface area (TPSA) is 77.0 Å². The smallest absolute Gasteiger partial charge is 0.272 e. The quantitative estimate of drug-likeness (QED) is 0.775. The van der Waals surface area contributed by atoms with Gasteiger partial charge in [0.1, 0.15) is 5.75 Å². The van der Waals surface area contributed by atoms with Crippen molar-refractivity contribution in [2.45, 2.75) is 20.4 Å². The first-order chi connectivity index (χ1) is 12.1. The summed E-state index contributed by atoms with van der Waals surface area (Å²) >= 11 is 0. The Morgan fingerprint density at radius 1 is 1.04 bits per heavy atom. The number of ether oxygens (including phenoxy) is 1. The van der Waals surface area contributed by atoms with Crippen molar-refractivity contribution in [2.75, 3.05) is 0 Å². The van der Waals surface area contributed by atoms with E-state index in [2.05, 4.69) is 20.5 Å². The molecule has 0 atom stereocenters. The second-order valence-electron chi connectivity index (χ2n) is 5.58. The van der Waals surface area contributed by atoms with E-state index < -0.39 is 0 Å². The molecule has 0 aliphatic carbocycles. The summed E-state index contributed by atoms with van der Waals surface area (Å²) in [4.78, 5) is 16.4. The average molecular weight is 334 g/mol. The number of rotatable bonds is 5. The van der Waals surface area contributed by atoms with Crippen molar-refractivity contribution in [3.8, 4) is 11.6 Å². The summed E-state index contributed by atoms with van der Waals surface area (Å²) in [5.41, 5.74) is 3.10. The van der Waals surface area contributed by atoms with Gasteiger partial charge in [0.2, 0.25) is 5.88 Å². The van der Waals surface area contributed by atoms with Crippen LogP contribution >= 0.6 is 0 Å². The third-order valence-corrected chi connectivity index (χ3v) is 3.70. The van der Waals surface area contributed by atoms with Crippen LogP contribution in [0.4, 0.5) is 0 Å². The van der Waals surface area contributed by atoms with Gasteiger partial charge in [-0.15, -0.1) is 5.10 Å². The predicted molar refractivity (Wildman–Crippen MR) is 93.4 cm³/mol. The first kappa shape index (κ1) is 16.6. The molecule has 6 nitrogen and oxygen atoms in total. The lowest BCUT2D eigenvalue weighted by Crippen LogP contribution is -2.24. The fourth-order valence-corrected chi connectivity index (χ4v) is 2.40. The fourth-order valence-electron chi connectivity index (χ4n) is 2.40. The Balaban J connectivity index is 1.76. The van der Waals surface area contributed by atoms with Gasteiger partial charge in [0.15, 0.2) is 5.69 Å². The van der Waals surface area contributed by atoms with Crippen LogP contribution in [0, 0.1) is 13.8 Å². The summed E-state index contributed by atoms with van der Waals surface area (Å²) in [5.74, 6) is 0.956. The molecule has 0 aliphatic rings. The molecule has 0 spiro atoms. The third kappa shape index (κ3) is 3.98. The number of amides is 1. The molecule has 2 aromatic heterocycles. The van der Waals surface area contributed by atoms with E-state index in [-0.39, 0.29) is 18.1 Å². The highest BCUT2D eigenvalue weighted by Crippen LogP contribution is 2.29. The maximum atomic E-state index is 12.1. The van der Waals surface area contributed by atoms with E-state index in [0.717, 1.165) is 22.4 Å². The monoisotopic (exact) mass is 334 g/mol. The number of nitrogens with one attached hydrogen (secondary N) is 1.